The van der Waals surface area contributed by atoms with Crippen molar-refractivity contribution in [2.45, 2.75) is 12.5 Å². The van der Waals surface area contributed by atoms with Gasteiger partial charge in [0.1, 0.15) is 0 Å². The maximum atomic E-state index is 12.0. The number of anilines is 1. The molecule has 1 atom stereocenters. The molecular weight excluding hydrogens is 230 g/mol. The molecule has 1 unspecified atom stereocenters. The second-order valence-electron chi connectivity index (χ2n) is 4.25. The van der Waals surface area contributed by atoms with Gasteiger partial charge in [0.15, 0.2) is 6.10 Å². The largest absolute Gasteiger partial charge is 0.399 e. The summed E-state index contributed by atoms with van der Waals surface area (Å²) in [6, 6.07) is 9.27. The Labute approximate surface area is 106 Å². The molecule has 5 heteroatoms. The first-order chi connectivity index (χ1) is 8.69. The fourth-order valence-electron chi connectivity index (χ4n) is 1.88. The average molecular weight is 245 g/mol. The molecule has 1 aromatic carbocycles. The van der Waals surface area contributed by atoms with Crippen molar-refractivity contribution in [3.8, 4) is 6.07 Å². The summed E-state index contributed by atoms with van der Waals surface area (Å²) < 4.78 is 5.20. The van der Waals surface area contributed by atoms with Gasteiger partial charge < -0.3 is 15.4 Å². The van der Waals surface area contributed by atoms with E-state index >= 15 is 0 Å². The third kappa shape index (κ3) is 2.99. The third-order valence-electron chi connectivity index (χ3n) is 2.90. The predicted octanol–water partition coefficient (Wildman–Crippen LogP) is 0.562. The van der Waals surface area contributed by atoms with E-state index in [4.69, 9.17) is 15.7 Å². The molecule has 0 saturated carbocycles. The maximum absolute atomic E-state index is 12.0. The lowest BCUT2D eigenvalue weighted by Gasteiger charge is -2.29. The molecule has 1 aliphatic heterocycles. The number of hydrogen-bond acceptors (Lipinski definition) is 4. The molecule has 1 aliphatic rings. The highest BCUT2D eigenvalue weighted by atomic mass is 16.5. The summed E-state index contributed by atoms with van der Waals surface area (Å²) in [6.07, 6.45) is -0.174. The Hall–Kier alpha value is -2.06. The van der Waals surface area contributed by atoms with E-state index < -0.39 is 6.10 Å². The third-order valence-corrected chi connectivity index (χ3v) is 2.90. The minimum absolute atomic E-state index is 0.0170. The number of benzene rings is 1. The van der Waals surface area contributed by atoms with Crippen LogP contribution in [0.2, 0.25) is 0 Å². The molecule has 0 aromatic heterocycles. The highest BCUT2D eigenvalue weighted by Crippen LogP contribution is 2.10. The molecule has 0 spiro atoms. The van der Waals surface area contributed by atoms with E-state index in [0.29, 0.717) is 31.8 Å². The number of nitrogens with two attached hydrogens (primary N) is 1. The monoisotopic (exact) mass is 245 g/mol. The van der Waals surface area contributed by atoms with E-state index in [1.54, 1.807) is 17.0 Å². The molecule has 1 amide bonds. The Bertz CT molecular complexity index is 464. The van der Waals surface area contributed by atoms with Crippen LogP contribution in [-0.2, 0) is 16.0 Å². The van der Waals surface area contributed by atoms with Gasteiger partial charge in [0.05, 0.1) is 25.6 Å². The first-order valence-corrected chi connectivity index (χ1v) is 5.82. The highest BCUT2D eigenvalue weighted by molar-refractivity contribution is 5.79. The van der Waals surface area contributed by atoms with Gasteiger partial charge in [-0.25, -0.2) is 0 Å². The Morgan fingerprint density at radius 3 is 2.89 bits per heavy atom. The summed E-state index contributed by atoms with van der Waals surface area (Å²) in [5.74, 6) is 0.0170. The zero-order valence-electron chi connectivity index (χ0n) is 10.0. The predicted molar refractivity (Wildman–Crippen MR) is 66.5 cm³/mol. The lowest BCUT2D eigenvalue weighted by Crippen LogP contribution is -2.45. The summed E-state index contributed by atoms with van der Waals surface area (Å²) in [5, 5.41) is 8.78. The highest BCUT2D eigenvalue weighted by Gasteiger charge is 2.23. The van der Waals surface area contributed by atoms with E-state index in [1.165, 1.54) is 0 Å². The van der Waals surface area contributed by atoms with Crippen LogP contribution in [0.5, 0.6) is 0 Å². The molecule has 94 valence electrons. The Morgan fingerprint density at radius 2 is 2.22 bits per heavy atom. The molecular formula is C13H15N3O2. The number of carbonyl (C=O) groups is 1. The summed E-state index contributed by atoms with van der Waals surface area (Å²) in [4.78, 5) is 13.7. The van der Waals surface area contributed by atoms with Crippen LogP contribution in [0.25, 0.3) is 0 Å². The fourth-order valence-corrected chi connectivity index (χ4v) is 1.88. The first kappa shape index (κ1) is 12.4. The molecule has 0 bridgehead atoms. The number of carbonyl (C=O) groups excluding carboxylic acids is 1. The van der Waals surface area contributed by atoms with Crippen LogP contribution in [0, 0.1) is 11.3 Å². The van der Waals surface area contributed by atoms with Crippen LogP contribution < -0.4 is 5.73 Å². The van der Waals surface area contributed by atoms with Crippen molar-refractivity contribution in [1.82, 2.24) is 4.90 Å². The molecule has 18 heavy (non-hydrogen) atoms. The number of nitriles is 1. The van der Waals surface area contributed by atoms with Crippen LogP contribution in [0.4, 0.5) is 5.69 Å². The van der Waals surface area contributed by atoms with Crippen molar-refractivity contribution in [3.63, 3.8) is 0 Å². The average Bonchev–Trinajstić information content (AvgIpc) is 2.41. The van der Waals surface area contributed by atoms with Crippen LogP contribution in [0.1, 0.15) is 5.56 Å². The number of nitrogens with zero attached hydrogens (tertiary/aromatic N) is 2. The number of amides is 1. The molecule has 1 aromatic rings. The van der Waals surface area contributed by atoms with E-state index in [0.717, 1.165) is 5.56 Å². The summed E-state index contributed by atoms with van der Waals surface area (Å²) in [7, 11) is 0. The fraction of sp³-hybridized carbons (Fsp3) is 0.385. The van der Waals surface area contributed by atoms with E-state index in [2.05, 4.69) is 0 Å². The standard InChI is InChI=1S/C13H15N3O2/c14-8-12-9-16(5-6-18-12)13(17)7-10-1-3-11(15)4-2-10/h1-4,12H,5-7,9,15H2. The molecule has 1 fully saturated rings. The lowest BCUT2D eigenvalue weighted by atomic mass is 10.1. The van der Waals surface area contributed by atoms with Crippen molar-refractivity contribution in [3.05, 3.63) is 29.8 Å². The van der Waals surface area contributed by atoms with Crippen molar-refractivity contribution >= 4 is 11.6 Å². The minimum Gasteiger partial charge on any atom is -0.399 e. The minimum atomic E-state index is -0.505. The number of morpholine rings is 1. The number of hydrogen-bond donors (Lipinski definition) is 1. The van der Waals surface area contributed by atoms with Gasteiger partial charge in [-0.15, -0.1) is 0 Å². The summed E-state index contributed by atoms with van der Waals surface area (Å²) >= 11 is 0. The lowest BCUT2D eigenvalue weighted by molar-refractivity contribution is -0.136. The molecule has 1 saturated heterocycles. The van der Waals surface area contributed by atoms with Gasteiger partial charge >= 0.3 is 0 Å². The van der Waals surface area contributed by atoms with E-state index in [-0.39, 0.29) is 5.91 Å². The summed E-state index contributed by atoms with van der Waals surface area (Å²) in [6.45, 7) is 1.32. The normalized spacial score (nSPS) is 19.3. The van der Waals surface area contributed by atoms with Gasteiger partial charge in [-0.3, -0.25) is 4.79 Å². The first-order valence-electron chi connectivity index (χ1n) is 5.82. The number of ether oxygens (including phenoxy) is 1. The van der Waals surface area contributed by atoms with Gasteiger partial charge in [-0.05, 0) is 17.7 Å². The molecule has 0 aliphatic carbocycles. The van der Waals surface area contributed by atoms with Crippen LogP contribution >= 0.6 is 0 Å². The van der Waals surface area contributed by atoms with Crippen molar-refractivity contribution in [1.29, 1.82) is 5.26 Å². The second kappa shape index (κ2) is 5.52. The smallest absolute Gasteiger partial charge is 0.227 e. The van der Waals surface area contributed by atoms with Crippen LogP contribution in [0.15, 0.2) is 24.3 Å². The number of nitrogen functional groups attached to an aromatic ring is 1. The second-order valence-corrected chi connectivity index (χ2v) is 4.25. The van der Waals surface area contributed by atoms with Crippen molar-refractivity contribution < 1.29 is 9.53 Å². The molecule has 0 radical (unpaired) electrons. The van der Waals surface area contributed by atoms with E-state index in [1.807, 2.05) is 18.2 Å². The molecule has 2 N–H and O–H groups in total. The Balaban J connectivity index is 1.95. The summed E-state index contributed by atoms with van der Waals surface area (Å²) in [5.41, 5.74) is 7.20. The van der Waals surface area contributed by atoms with Gasteiger partial charge in [-0.2, -0.15) is 5.26 Å². The topological polar surface area (TPSA) is 79.4 Å². The van der Waals surface area contributed by atoms with Crippen LogP contribution in [-0.4, -0.2) is 36.6 Å². The molecule has 5 nitrogen and oxygen atoms in total. The number of rotatable bonds is 2. The zero-order valence-corrected chi connectivity index (χ0v) is 10.0. The van der Waals surface area contributed by atoms with Crippen molar-refractivity contribution in [2.75, 3.05) is 25.4 Å². The maximum Gasteiger partial charge on any atom is 0.227 e. The van der Waals surface area contributed by atoms with Gasteiger partial charge in [-0.1, -0.05) is 12.1 Å². The van der Waals surface area contributed by atoms with Gasteiger partial charge in [0.2, 0.25) is 5.91 Å². The SMILES string of the molecule is N#CC1CN(C(=O)Cc2ccc(N)cc2)CCO1. The van der Waals surface area contributed by atoms with Gasteiger partial charge in [0, 0.05) is 12.2 Å². The Morgan fingerprint density at radius 1 is 1.50 bits per heavy atom. The quantitative estimate of drug-likeness (QED) is 0.772. The van der Waals surface area contributed by atoms with E-state index in [9.17, 15) is 4.79 Å². The van der Waals surface area contributed by atoms with Crippen LogP contribution in [0.3, 0.4) is 0 Å². The molecule has 1 heterocycles. The van der Waals surface area contributed by atoms with Crippen molar-refractivity contribution in [2.24, 2.45) is 0 Å². The molecule has 2 rings (SSSR count). The Kier molecular flexibility index (Phi) is 3.80. The zero-order chi connectivity index (χ0) is 13.0. The van der Waals surface area contributed by atoms with Gasteiger partial charge in [0.25, 0.3) is 0 Å².